The van der Waals surface area contributed by atoms with Gasteiger partial charge in [0.15, 0.2) is 5.82 Å². The molecule has 4 rings (SSSR count). The second-order valence-corrected chi connectivity index (χ2v) is 7.66. The predicted molar refractivity (Wildman–Crippen MR) is 101 cm³/mol. The number of nitrogens with one attached hydrogen (secondary N) is 1. The first-order valence-corrected chi connectivity index (χ1v) is 9.76. The van der Waals surface area contributed by atoms with Gasteiger partial charge < -0.3 is 9.88 Å². The van der Waals surface area contributed by atoms with Crippen LogP contribution in [0, 0.1) is 6.92 Å². The zero-order chi connectivity index (χ0) is 17.9. The Labute approximate surface area is 156 Å². The van der Waals surface area contributed by atoms with E-state index in [4.69, 9.17) is 0 Å². The molecule has 134 valence electrons. The minimum Gasteiger partial charge on any atom is -0.344 e. The van der Waals surface area contributed by atoms with Gasteiger partial charge in [0.2, 0.25) is 0 Å². The van der Waals surface area contributed by atoms with Crippen molar-refractivity contribution in [1.29, 1.82) is 0 Å². The maximum Gasteiger partial charge on any atom is 0.264 e. The van der Waals surface area contributed by atoms with Gasteiger partial charge >= 0.3 is 0 Å². The highest BCUT2D eigenvalue weighted by Gasteiger charge is 2.20. The van der Waals surface area contributed by atoms with Gasteiger partial charge in [0.05, 0.1) is 17.2 Å². The molecule has 7 heteroatoms. The Bertz CT molecular complexity index is 915. The van der Waals surface area contributed by atoms with Crippen LogP contribution in [-0.2, 0) is 19.5 Å². The highest BCUT2D eigenvalue weighted by Crippen LogP contribution is 2.28. The van der Waals surface area contributed by atoms with Gasteiger partial charge in [-0.2, -0.15) is 0 Å². The second kappa shape index (κ2) is 7.37. The van der Waals surface area contributed by atoms with Crippen molar-refractivity contribution in [2.45, 2.75) is 45.7 Å². The van der Waals surface area contributed by atoms with Crippen LogP contribution in [0.2, 0.25) is 0 Å². The normalized spacial score (nSPS) is 13.9. The molecule has 0 radical (unpaired) electrons. The average molecular weight is 367 g/mol. The molecule has 0 saturated heterocycles. The third kappa shape index (κ3) is 3.39. The quantitative estimate of drug-likeness (QED) is 0.767. The Morgan fingerprint density at radius 2 is 2.04 bits per heavy atom. The van der Waals surface area contributed by atoms with E-state index in [1.54, 1.807) is 0 Å². The van der Waals surface area contributed by atoms with Gasteiger partial charge in [-0.3, -0.25) is 4.79 Å². The fourth-order valence-electron chi connectivity index (χ4n) is 3.29. The Kier molecular flexibility index (Phi) is 4.79. The molecule has 0 bridgehead atoms. The van der Waals surface area contributed by atoms with E-state index in [-0.39, 0.29) is 5.91 Å². The molecule has 0 unspecified atom stereocenters. The number of amides is 1. The van der Waals surface area contributed by atoms with Gasteiger partial charge in [0, 0.05) is 18.5 Å². The second-order valence-electron chi connectivity index (χ2n) is 6.45. The Morgan fingerprint density at radius 3 is 2.88 bits per heavy atom. The van der Waals surface area contributed by atoms with Crippen molar-refractivity contribution >= 4 is 17.2 Å². The van der Waals surface area contributed by atoms with Crippen LogP contribution in [0.15, 0.2) is 30.3 Å². The molecule has 0 aliphatic carbocycles. The van der Waals surface area contributed by atoms with Crippen molar-refractivity contribution in [3.05, 3.63) is 51.9 Å². The minimum atomic E-state index is -0.111. The molecule has 3 aromatic rings. The molecule has 0 spiro atoms. The summed E-state index contributed by atoms with van der Waals surface area (Å²) in [5, 5.41) is 12.4. The van der Waals surface area contributed by atoms with E-state index in [0.29, 0.717) is 11.4 Å². The number of thiazole rings is 1. The lowest BCUT2D eigenvalue weighted by Crippen LogP contribution is -2.24. The van der Waals surface area contributed by atoms with Gasteiger partial charge in [-0.05, 0) is 19.8 Å². The monoisotopic (exact) mass is 367 g/mol. The number of nitrogens with zero attached hydrogens (tertiary/aromatic N) is 4. The van der Waals surface area contributed by atoms with Crippen LogP contribution in [0.25, 0.3) is 11.3 Å². The first-order chi connectivity index (χ1) is 12.7. The third-order valence-electron chi connectivity index (χ3n) is 4.58. The van der Waals surface area contributed by atoms with Gasteiger partial charge in [-0.1, -0.05) is 36.8 Å². The summed E-state index contributed by atoms with van der Waals surface area (Å²) in [4.78, 5) is 18.0. The first-order valence-electron chi connectivity index (χ1n) is 8.94. The zero-order valence-corrected chi connectivity index (χ0v) is 15.6. The lowest BCUT2D eigenvalue weighted by Gasteiger charge is -2.08. The fraction of sp³-hybridized carbons (Fsp3) is 0.368. The predicted octanol–water partition coefficient (Wildman–Crippen LogP) is 3.37. The van der Waals surface area contributed by atoms with E-state index in [1.165, 1.54) is 17.8 Å². The molecule has 0 saturated carbocycles. The zero-order valence-electron chi connectivity index (χ0n) is 14.7. The number of hydrogen-bond donors (Lipinski definition) is 1. The number of rotatable bonds is 4. The maximum absolute atomic E-state index is 12.8. The van der Waals surface area contributed by atoms with Crippen LogP contribution >= 0.6 is 11.3 Å². The number of benzene rings is 1. The highest BCUT2D eigenvalue weighted by molar-refractivity contribution is 7.14. The lowest BCUT2D eigenvalue weighted by molar-refractivity contribution is 0.0954. The number of hydrogen-bond acceptors (Lipinski definition) is 5. The first kappa shape index (κ1) is 16.9. The van der Waals surface area contributed by atoms with Crippen molar-refractivity contribution < 1.29 is 4.79 Å². The molecular weight excluding hydrogens is 346 g/mol. The van der Waals surface area contributed by atoms with Gasteiger partial charge in [-0.15, -0.1) is 21.5 Å². The van der Waals surface area contributed by atoms with E-state index in [9.17, 15) is 4.79 Å². The van der Waals surface area contributed by atoms with Crippen molar-refractivity contribution in [1.82, 2.24) is 25.1 Å². The van der Waals surface area contributed by atoms with Crippen molar-refractivity contribution in [2.24, 2.45) is 0 Å². The summed E-state index contributed by atoms with van der Waals surface area (Å²) in [6.07, 6.45) is 4.48. The summed E-state index contributed by atoms with van der Waals surface area (Å²) in [7, 11) is 0. The van der Waals surface area contributed by atoms with Crippen LogP contribution in [0.5, 0.6) is 0 Å². The summed E-state index contributed by atoms with van der Waals surface area (Å²) in [6, 6.07) is 9.82. The number of aryl methyl sites for hydroxylation is 2. The van der Waals surface area contributed by atoms with Crippen LogP contribution in [0.3, 0.4) is 0 Å². The topological polar surface area (TPSA) is 72.7 Å². The third-order valence-corrected chi connectivity index (χ3v) is 5.55. The van der Waals surface area contributed by atoms with Crippen molar-refractivity contribution in [3.63, 3.8) is 0 Å². The molecule has 0 fully saturated rings. The highest BCUT2D eigenvalue weighted by atomic mass is 32.1. The van der Waals surface area contributed by atoms with E-state index in [1.807, 2.05) is 37.3 Å². The van der Waals surface area contributed by atoms with Gasteiger partial charge in [0.1, 0.15) is 10.7 Å². The van der Waals surface area contributed by atoms with Crippen LogP contribution in [0.4, 0.5) is 0 Å². The molecule has 1 aliphatic rings. The molecular formula is C19H21N5OS. The smallest absolute Gasteiger partial charge is 0.264 e. The average Bonchev–Trinajstić information content (AvgIpc) is 3.16. The molecule has 3 heterocycles. The Balaban J connectivity index is 1.52. The molecule has 6 nitrogen and oxygen atoms in total. The van der Waals surface area contributed by atoms with E-state index >= 15 is 0 Å². The van der Waals surface area contributed by atoms with Gasteiger partial charge in [-0.25, -0.2) is 4.98 Å². The number of carbonyl (C=O) groups is 1. The number of fused-ring (bicyclic) bond motifs is 1. The number of carbonyl (C=O) groups excluding carboxylic acids is 1. The van der Waals surface area contributed by atoms with E-state index < -0.39 is 0 Å². The molecule has 0 atom stereocenters. The van der Waals surface area contributed by atoms with E-state index in [2.05, 4.69) is 25.1 Å². The molecule has 26 heavy (non-hydrogen) atoms. The summed E-state index contributed by atoms with van der Waals surface area (Å²) in [5.74, 6) is 1.75. The van der Waals surface area contributed by atoms with Crippen molar-refractivity contribution in [3.8, 4) is 11.3 Å². The maximum atomic E-state index is 12.8. The Morgan fingerprint density at radius 1 is 1.19 bits per heavy atom. The lowest BCUT2D eigenvalue weighted by atomic mass is 10.1. The summed E-state index contributed by atoms with van der Waals surface area (Å²) in [5.41, 5.74) is 1.70. The standard InChI is InChI=1S/C19H21N5OS/c1-13-21-17(14-8-4-2-5-9-14)18(26-13)19(25)20-12-16-23-22-15-10-6-3-7-11-24(15)16/h2,4-5,8-9H,3,6-7,10-12H2,1H3,(H,20,25). The van der Waals surface area contributed by atoms with Gasteiger partial charge in [0.25, 0.3) is 5.91 Å². The minimum absolute atomic E-state index is 0.111. The summed E-state index contributed by atoms with van der Waals surface area (Å²) < 4.78 is 2.16. The summed E-state index contributed by atoms with van der Waals surface area (Å²) >= 11 is 1.42. The molecule has 2 aromatic heterocycles. The van der Waals surface area contributed by atoms with E-state index in [0.717, 1.165) is 53.7 Å². The van der Waals surface area contributed by atoms with Crippen LogP contribution in [-0.4, -0.2) is 25.7 Å². The number of aromatic nitrogens is 4. The molecule has 1 aliphatic heterocycles. The molecule has 1 aromatic carbocycles. The fourth-order valence-corrected chi connectivity index (χ4v) is 4.15. The summed E-state index contributed by atoms with van der Waals surface area (Å²) in [6.45, 7) is 3.24. The Hall–Kier alpha value is -2.54. The molecule has 1 N–H and O–H groups in total. The largest absolute Gasteiger partial charge is 0.344 e. The van der Waals surface area contributed by atoms with Crippen molar-refractivity contribution in [2.75, 3.05) is 0 Å². The van der Waals surface area contributed by atoms with Crippen LogP contribution in [0.1, 0.15) is 45.6 Å². The SMILES string of the molecule is Cc1nc(-c2ccccc2)c(C(=O)NCc2nnc3n2CCCCC3)s1. The van der Waals surface area contributed by atoms with Crippen LogP contribution < -0.4 is 5.32 Å². The molecule has 1 amide bonds.